The van der Waals surface area contributed by atoms with Crippen LogP contribution in [0.2, 0.25) is 0 Å². The number of nitrogens with zero attached hydrogens (tertiary/aromatic N) is 2. The second-order valence-electron chi connectivity index (χ2n) is 3.47. The molecule has 2 heterocycles. The molecule has 0 saturated carbocycles. The molecule has 1 atom stereocenters. The van der Waals surface area contributed by atoms with Gasteiger partial charge in [0.25, 0.3) is 5.56 Å². The Kier molecular flexibility index (Phi) is 2.54. The van der Waals surface area contributed by atoms with Gasteiger partial charge in [-0.1, -0.05) is 6.92 Å². The minimum Gasteiger partial charge on any atom is -0.548 e. The molecular weight excluding hydrogens is 228 g/mol. The van der Waals surface area contributed by atoms with E-state index in [1.807, 2.05) is 4.98 Å². The molecule has 8 nitrogen and oxygen atoms in total. The fourth-order valence-corrected chi connectivity index (χ4v) is 1.70. The molecule has 0 aromatic carbocycles. The molecule has 0 aliphatic rings. The molecule has 90 valence electrons. The highest BCUT2D eigenvalue weighted by Crippen LogP contribution is 2.11. The van der Waals surface area contributed by atoms with Gasteiger partial charge in [0.2, 0.25) is 0 Å². The molecule has 2 N–H and O–H groups in total. The lowest BCUT2D eigenvalue weighted by atomic mass is 10.2. The number of aromatic nitrogens is 4. The van der Waals surface area contributed by atoms with Gasteiger partial charge in [-0.3, -0.25) is 14.3 Å². The summed E-state index contributed by atoms with van der Waals surface area (Å²) in [5, 5.41) is 10.9. The zero-order valence-corrected chi connectivity index (χ0v) is 8.89. The van der Waals surface area contributed by atoms with E-state index in [1.165, 1.54) is 6.33 Å². The van der Waals surface area contributed by atoms with Crippen molar-refractivity contribution in [2.75, 3.05) is 0 Å². The minimum absolute atomic E-state index is 0.00907. The molecule has 2 rings (SSSR count). The highest BCUT2D eigenvalue weighted by Gasteiger charge is 2.17. The summed E-state index contributed by atoms with van der Waals surface area (Å²) >= 11 is 0. The predicted molar refractivity (Wildman–Crippen MR) is 55.3 cm³/mol. The summed E-state index contributed by atoms with van der Waals surface area (Å²) in [6, 6.07) is -1.16. The van der Waals surface area contributed by atoms with Crippen LogP contribution in [-0.2, 0) is 4.79 Å². The van der Waals surface area contributed by atoms with Crippen molar-refractivity contribution in [3.05, 3.63) is 27.2 Å². The van der Waals surface area contributed by atoms with Crippen LogP contribution in [0, 0.1) is 0 Å². The van der Waals surface area contributed by atoms with Gasteiger partial charge in [-0.25, -0.2) is 9.78 Å². The van der Waals surface area contributed by atoms with Crippen molar-refractivity contribution in [2.24, 2.45) is 0 Å². The van der Waals surface area contributed by atoms with Gasteiger partial charge in [0.1, 0.15) is 5.52 Å². The number of nitrogens with one attached hydrogen (secondary N) is 2. The number of carboxylic acids is 1. The fourth-order valence-electron chi connectivity index (χ4n) is 1.70. The average Bonchev–Trinajstić information content (AvgIpc) is 2.72. The SMILES string of the molecule is CCC(C(=O)[O-])n1c(=O)[nH]c(=O)c2[nH]cnc21. The molecule has 2 aromatic heterocycles. The van der Waals surface area contributed by atoms with Crippen molar-refractivity contribution in [3.63, 3.8) is 0 Å². The van der Waals surface area contributed by atoms with E-state index in [4.69, 9.17) is 0 Å². The van der Waals surface area contributed by atoms with Crippen molar-refractivity contribution >= 4 is 17.1 Å². The molecule has 0 fully saturated rings. The Bertz CT molecular complexity index is 680. The highest BCUT2D eigenvalue weighted by atomic mass is 16.4. The monoisotopic (exact) mass is 237 g/mol. The number of carbonyl (C=O) groups is 1. The average molecular weight is 237 g/mol. The van der Waals surface area contributed by atoms with Gasteiger partial charge in [0.15, 0.2) is 5.65 Å². The number of carbonyl (C=O) groups excluding carboxylic acids is 1. The van der Waals surface area contributed by atoms with Crippen molar-refractivity contribution in [1.82, 2.24) is 19.5 Å². The van der Waals surface area contributed by atoms with Gasteiger partial charge < -0.3 is 14.9 Å². The second kappa shape index (κ2) is 3.89. The quantitative estimate of drug-likeness (QED) is 0.646. The molecule has 0 amide bonds. The van der Waals surface area contributed by atoms with E-state index >= 15 is 0 Å². The zero-order valence-electron chi connectivity index (χ0n) is 8.89. The van der Waals surface area contributed by atoms with Crippen LogP contribution in [-0.4, -0.2) is 25.5 Å². The minimum atomic E-state index is -1.40. The van der Waals surface area contributed by atoms with Crippen molar-refractivity contribution in [1.29, 1.82) is 0 Å². The summed E-state index contributed by atoms with van der Waals surface area (Å²) in [5.41, 5.74) is -1.38. The van der Waals surface area contributed by atoms with Crippen LogP contribution in [0.25, 0.3) is 11.2 Å². The van der Waals surface area contributed by atoms with Crippen LogP contribution in [0.5, 0.6) is 0 Å². The summed E-state index contributed by atoms with van der Waals surface area (Å²) < 4.78 is 0.905. The van der Waals surface area contributed by atoms with Gasteiger partial charge in [0, 0.05) is 0 Å². The van der Waals surface area contributed by atoms with Gasteiger partial charge in [-0.15, -0.1) is 0 Å². The summed E-state index contributed by atoms with van der Waals surface area (Å²) in [7, 11) is 0. The number of hydrogen-bond acceptors (Lipinski definition) is 5. The number of H-pyrrole nitrogens is 2. The molecule has 0 saturated heterocycles. The molecule has 0 spiro atoms. The maximum absolute atomic E-state index is 11.6. The van der Waals surface area contributed by atoms with E-state index in [0.29, 0.717) is 0 Å². The van der Waals surface area contributed by atoms with Gasteiger partial charge in [-0.2, -0.15) is 0 Å². The number of aliphatic carboxylic acids is 1. The number of fused-ring (bicyclic) bond motifs is 1. The van der Waals surface area contributed by atoms with E-state index in [9.17, 15) is 19.5 Å². The smallest absolute Gasteiger partial charge is 0.330 e. The van der Waals surface area contributed by atoms with Crippen LogP contribution in [0.1, 0.15) is 19.4 Å². The summed E-state index contributed by atoms with van der Waals surface area (Å²) in [6.45, 7) is 1.59. The first-order chi connectivity index (χ1) is 8.06. The maximum Gasteiger partial charge on any atom is 0.330 e. The highest BCUT2D eigenvalue weighted by molar-refractivity contribution is 5.74. The normalized spacial score (nSPS) is 12.8. The molecule has 1 unspecified atom stereocenters. The van der Waals surface area contributed by atoms with Crippen LogP contribution < -0.4 is 16.4 Å². The Morgan fingerprint density at radius 1 is 1.59 bits per heavy atom. The number of hydrogen-bond donors (Lipinski definition) is 2. The number of aromatic amines is 2. The van der Waals surface area contributed by atoms with Crippen molar-refractivity contribution in [2.45, 2.75) is 19.4 Å². The predicted octanol–water partition coefficient (Wildman–Crippen LogP) is -1.89. The molecule has 0 aliphatic heterocycles. The Morgan fingerprint density at radius 3 is 2.88 bits per heavy atom. The van der Waals surface area contributed by atoms with Crippen molar-refractivity contribution in [3.8, 4) is 0 Å². The van der Waals surface area contributed by atoms with E-state index in [1.54, 1.807) is 6.92 Å². The van der Waals surface area contributed by atoms with Gasteiger partial charge in [0.05, 0.1) is 18.3 Å². The van der Waals surface area contributed by atoms with Crippen LogP contribution in [0.4, 0.5) is 0 Å². The molecule has 0 aliphatic carbocycles. The van der Waals surface area contributed by atoms with Gasteiger partial charge in [-0.05, 0) is 6.42 Å². The standard InChI is InChI=1S/C9H10N4O4/c1-2-4(8(15)16)13-6-5(10-3-11-6)7(14)12-9(13)17/h3-4H,2H2,1H3,(H,10,11)(H,15,16)(H,12,14,17)/p-1. The van der Waals surface area contributed by atoms with Gasteiger partial charge >= 0.3 is 5.69 Å². The number of imidazole rings is 1. The Labute approximate surface area is 93.9 Å². The Morgan fingerprint density at radius 2 is 2.29 bits per heavy atom. The van der Waals surface area contributed by atoms with E-state index in [0.717, 1.165) is 4.57 Å². The van der Waals surface area contributed by atoms with E-state index in [2.05, 4.69) is 9.97 Å². The molecule has 0 bridgehead atoms. The topological polar surface area (TPSA) is 124 Å². The van der Waals surface area contributed by atoms with Crippen LogP contribution in [0.15, 0.2) is 15.9 Å². The van der Waals surface area contributed by atoms with E-state index in [-0.39, 0.29) is 17.6 Å². The van der Waals surface area contributed by atoms with E-state index < -0.39 is 23.3 Å². The first-order valence-corrected chi connectivity index (χ1v) is 4.95. The lowest BCUT2D eigenvalue weighted by Gasteiger charge is -2.18. The Hall–Kier alpha value is -2.38. The third-order valence-corrected chi connectivity index (χ3v) is 2.48. The van der Waals surface area contributed by atoms with Crippen molar-refractivity contribution < 1.29 is 9.90 Å². The summed E-state index contributed by atoms with van der Waals surface area (Å²) in [5.74, 6) is -1.40. The largest absolute Gasteiger partial charge is 0.548 e. The molecule has 8 heteroatoms. The third-order valence-electron chi connectivity index (χ3n) is 2.48. The first kappa shape index (κ1) is 11.1. The lowest BCUT2D eigenvalue weighted by molar-refractivity contribution is -0.310. The Balaban J connectivity index is 2.85. The second-order valence-corrected chi connectivity index (χ2v) is 3.47. The first-order valence-electron chi connectivity index (χ1n) is 4.95. The fraction of sp³-hybridized carbons (Fsp3) is 0.333. The maximum atomic E-state index is 11.6. The molecule has 0 radical (unpaired) electrons. The molecular formula is C9H9N4O4-. The number of carboxylic acid groups (broad SMARTS) is 1. The number of rotatable bonds is 3. The lowest BCUT2D eigenvalue weighted by Crippen LogP contribution is -2.41. The summed E-state index contributed by atoms with van der Waals surface area (Å²) in [4.78, 5) is 42.3. The third kappa shape index (κ3) is 1.63. The summed E-state index contributed by atoms with van der Waals surface area (Å²) in [6.07, 6.45) is 1.37. The molecule has 2 aromatic rings. The molecule has 17 heavy (non-hydrogen) atoms. The van der Waals surface area contributed by atoms with Crippen LogP contribution in [0.3, 0.4) is 0 Å². The van der Waals surface area contributed by atoms with Crippen LogP contribution >= 0.6 is 0 Å². The zero-order chi connectivity index (χ0) is 12.6.